The Morgan fingerprint density at radius 2 is 2.20 bits per heavy atom. The normalized spacial score (nSPS) is 27.9. The SMILES string of the molecule is CCCC1CN(CCn2ccnc2C)C(C2CC2)CN1. The Morgan fingerprint density at radius 1 is 1.35 bits per heavy atom. The maximum atomic E-state index is 4.32. The predicted molar refractivity (Wildman–Crippen MR) is 81.7 cm³/mol. The zero-order valence-corrected chi connectivity index (χ0v) is 12.9. The first-order valence-electron chi connectivity index (χ1n) is 8.23. The van der Waals surface area contributed by atoms with Crippen molar-refractivity contribution in [2.75, 3.05) is 19.6 Å². The Hall–Kier alpha value is -0.870. The van der Waals surface area contributed by atoms with E-state index in [0.29, 0.717) is 6.04 Å². The smallest absolute Gasteiger partial charge is 0.105 e. The second kappa shape index (κ2) is 6.27. The summed E-state index contributed by atoms with van der Waals surface area (Å²) in [4.78, 5) is 7.07. The van der Waals surface area contributed by atoms with Gasteiger partial charge in [0.05, 0.1) is 0 Å². The lowest BCUT2D eigenvalue weighted by Gasteiger charge is -2.41. The highest BCUT2D eigenvalue weighted by Crippen LogP contribution is 2.36. The van der Waals surface area contributed by atoms with E-state index in [2.05, 4.69) is 39.8 Å². The van der Waals surface area contributed by atoms with E-state index in [9.17, 15) is 0 Å². The van der Waals surface area contributed by atoms with Gasteiger partial charge in [0.2, 0.25) is 0 Å². The third kappa shape index (κ3) is 3.23. The molecule has 2 aliphatic rings. The quantitative estimate of drug-likeness (QED) is 0.863. The topological polar surface area (TPSA) is 33.1 Å². The van der Waals surface area contributed by atoms with E-state index in [4.69, 9.17) is 0 Å². The number of hydrogen-bond acceptors (Lipinski definition) is 3. The lowest BCUT2D eigenvalue weighted by molar-refractivity contribution is 0.107. The third-order valence-corrected chi connectivity index (χ3v) is 4.89. The maximum Gasteiger partial charge on any atom is 0.105 e. The molecule has 1 aliphatic carbocycles. The second-order valence-electron chi connectivity index (χ2n) is 6.46. The zero-order valence-electron chi connectivity index (χ0n) is 12.9. The average Bonchev–Trinajstić information content (AvgIpc) is 3.20. The molecule has 2 unspecified atom stereocenters. The molecule has 1 aromatic heterocycles. The van der Waals surface area contributed by atoms with Crippen LogP contribution in [0.1, 0.15) is 38.4 Å². The van der Waals surface area contributed by atoms with Crippen LogP contribution in [-0.2, 0) is 6.54 Å². The molecule has 3 rings (SSSR count). The van der Waals surface area contributed by atoms with Gasteiger partial charge in [-0.25, -0.2) is 4.98 Å². The number of nitrogens with one attached hydrogen (secondary N) is 1. The minimum Gasteiger partial charge on any atom is -0.334 e. The summed E-state index contributed by atoms with van der Waals surface area (Å²) in [5.74, 6) is 2.09. The first-order valence-corrected chi connectivity index (χ1v) is 8.23. The van der Waals surface area contributed by atoms with Crippen LogP contribution in [0.3, 0.4) is 0 Å². The summed E-state index contributed by atoms with van der Waals surface area (Å²) >= 11 is 0. The highest BCUT2D eigenvalue weighted by molar-refractivity contribution is 4.95. The molecule has 1 saturated carbocycles. The van der Waals surface area contributed by atoms with Gasteiger partial charge < -0.3 is 9.88 Å². The van der Waals surface area contributed by atoms with Crippen LogP contribution >= 0.6 is 0 Å². The molecule has 0 bridgehead atoms. The van der Waals surface area contributed by atoms with Crippen LogP contribution < -0.4 is 5.32 Å². The Bertz CT molecular complexity index is 424. The number of rotatable bonds is 6. The molecule has 112 valence electrons. The molecule has 0 aromatic carbocycles. The number of piperazine rings is 1. The Balaban J connectivity index is 1.59. The lowest BCUT2D eigenvalue weighted by Crippen LogP contribution is -2.57. The summed E-state index contributed by atoms with van der Waals surface area (Å²) in [5.41, 5.74) is 0. The molecule has 1 aliphatic heterocycles. The van der Waals surface area contributed by atoms with Gasteiger partial charge >= 0.3 is 0 Å². The molecular weight excluding hydrogens is 248 g/mol. The molecule has 0 amide bonds. The van der Waals surface area contributed by atoms with E-state index in [1.165, 1.54) is 45.3 Å². The van der Waals surface area contributed by atoms with Crippen LogP contribution in [0.2, 0.25) is 0 Å². The summed E-state index contributed by atoms with van der Waals surface area (Å²) < 4.78 is 2.28. The fourth-order valence-electron chi connectivity index (χ4n) is 3.52. The molecule has 4 nitrogen and oxygen atoms in total. The van der Waals surface area contributed by atoms with Crippen LogP contribution in [0.5, 0.6) is 0 Å². The average molecular weight is 276 g/mol. The van der Waals surface area contributed by atoms with Crippen LogP contribution in [0.25, 0.3) is 0 Å². The lowest BCUT2D eigenvalue weighted by atomic mass is 10.0. The van der Waals surface area contributed by atoms with Gasteiger partial charge in [0.1, 0.15) is 5.82 Å². The molecule has 1 aromatic rings. The first-order chi connectivity index (χ1) is 9.78. The van der Waals surface area contributed by atoms with Gasteiger partial charge in [-0.15, -0.1) is 0 Å². The van der Waals surface area contributed by atoms with Crippen LogP contribution in [-0.4, -0.2) is 46.2 Å². The highest BCUT2D eigenvalue weighted by atomic mass is 15.3. The van der Waals surface area contributed by atoms with Gasteiger partial charge in [0.15, 0.2) is 0 Å². The van der Waals surface area contributed by atoms with Crippen LogP contribution in [0.4, 0.5) is 0 Å². The predicted octanol–water partition coefficient (Wildman–Crippen LogP) is 2.04. The van der Waals surface area contributed by atoms with Crippen LogP contribution in [0.15, 0.2) is 12.4 Å². The number of imidazole rings is 1. The fraction of sp³-hybridized carbons (Fsp3) is 0.812. The summed E-state index contributed by atoms with van der Waals surface area (Å²) in [6.07, 6.45) is 9.47. The monoisotopic (exact) mass is 276 g/mol. The number of aromatic nitrogens is 2. The minimum atomic E-state index is 0.693. The van der Waals surface area contributed by atoms with E-state index in [1.54, 1.807) is 0 Å². The third-order valence-electron chi connectivity index (χ3n) is 4.89. The van der Waals surface area contributed by atoms with Gasteiger partial charge in [-0.3, -0.25) is 4.90 Å². The fourth-order valence-corrected chi connectivity index (χ4v) is 3.52. The van der Waals surface area contributed by atoms with Crippen molar-refractivity contribution in [1.82, 2.24) is 19.8 Å². The van der Waals surface area contributed by atoms with Crippen LogP contribution in [0, 0.1) is 12.8 Å². The summed E-state index contributed by atoms with van der Waals surface area (Å²) in [6.45, 7) is 9.04. The van der Waals surface area contributed by atoms with Crippen molar-refractivity contribution in [3.8, 4) is 0 Å². The van der Waals surface area contributed by atoms with E-state index < -0.39 is 0 Å². The van der Waals surface area contributed by atoms with Gasteiger partial charge in [0, 0.05) is 50.7 Å². The highest BCUT2D eigenvalue weighted by Gasteiger charge is 2.38. The van der Waals surface area contributed by atoms with E-state index in [1.807, 2.05) is 6.20 Å². The van der Waals surface area contributed by atoms with Gasteiger partial charge in [-0.1, -0.05) is 13.3 Å². The van der Waals surface area contributed by atoms with Gasteiger partial charge in [-0.05, 0) is 32.1 Å². The van der Waals surface area contributed by atoms with E-state index in [0.717, 1.165) is 24.3 Å². The van der Waals surface area contributed by atoms with Crippen molar-refractivity contribution in [1.29, 1.82) is 0 Å². The Labute approximate surface area is 122 Å². The molecule has 0 radical (unpaired) electrons. The van der Waals surface area contributed by atoms with Gasteiger partial charge in [-0.2, -0.15) is 0 Å². The van der Waals surface area contributed by atoms with Crippen molar-refractivity contribution in [3.63, 3.8) is 0 Å². The molecule has 2 fully saturated rings. The molecule has 20 heavy (non-hydrogen) atoms. The minimum absolute atomic E-state index is 0.693. The Kier molecular flexibility index (Phi) is 4.41. The number of hydrogen-bond donors (Lipinski definition) is 1. The van der Waals surface area contributed by atoms with Crippen molar-refractivity contribution in [2.24, 2.45) is 5.92 Å². The van der Waals surface area contributed by atoms with Gasteiger partial charge in [0.25, 0.3) is 0 Å². The maximum absolute atomic E-state index is 4.32. The molecule has 2 heterocycles. The molecule has 0 spiro atoms. The Morgan fingerprint density at radius 3 is 2.85 bits per heavy atom. The summed E-state index contributed by atoms with van der Waals surface area (Å²) in [5, 5.41) is 3.77. The second-order valence-corrected chi connectivity index (χ2v) is 6.46. The number of nitrogens with zero attached hydrogens (tertiary/aromatic N) is 3. The van der Waals surface area contributed by atoms with Crippen molar-refractivity contribution < 1.29 is 0 Å². The first kappa shape index (κ1) is 14.1. The summed E-state index contributed by atoms with van der Waals surface area (Å²) in [7, 11) is 0. The number of aryl methyl sites for hydroxylation is 1. The zero-order chi connectivity index (χ0) is 13.9. The molecule has 4 heteroatoms. The van der Waals surface area contributed by atoms with Crippen molar-refractivity contribution in [3.05, 3.63) is 18.2 Å². The molecule has 1 saturated heterocycles. The standard InChI is InChI=1S/C16H28N4/c1-3-4-15-12-20(16(11-18-15)14-5-6-14)10-9-19-8-7-17-13(19)2/h7-8,14-16,18H,3-6,9-12H2,1-2H3. The largest absolute Gasteiger partial charge is 0.334 e. The molecule has 1 N–H and O–H groups in total. The van der Waals surface area contributed by atoms with E-state index >= 15 is 0 Å². The van der Waals surface area contributed by atoms with E-state index in [-0.39, 0.29) is 0 Å². The molecular formula is C16H28N4. The summed E-state index contributed by atoms with van der Waals surface area (Å²) in [6, 6.07) is 1.46. The van der Waals surface area contributed by atoms with Crippen molar-refractivity contribution in [2.45, 2.75) is 58.2 Å². The van der Waals surface area contributed by atoms with Crippen molar-refractivity contribution >= 4 is 0 Å². The molecule has 2 atom stereocenters.